The van der Waals surface area contributed by atoms with Crippen molar-refractivity contribution in [3.63, 3.8) is 0 Å². The number of carboxylic acid groups (broad SMARTS) is 2. The van der Waals surface area contributed by atoms with Gasteiger partial charge in [-0.2, -0.15) is 0 Å². The van der Waals surface area contributed by atoms with E-state index in [0.717, 1.165) is 44.5 Å². The number of amides is 1. The molecule has 1 fully saturated rings. The first kappa shape index (κ1) is 37.2. The molecule has 6 N–H and O–H groups in total. The monoisotopic (exact) mass is 660 g/mol. The highest BCUT2D eigenvalue weighted by Crippen LogP contribution is 2.33. The minimum absolute atomic E-state index is 0.0812. The van der Waals surface area contributed by atoms with Crippen LogP contribution in [0.5, 0.6) is 17.2 Å². The van der Waals surface area contributed by atoms with Crippen LogP contribution in [0.3, 0.4) is 0 Å². The summed E-state index contributed by atoms with van der Waals surface area (Å²) < 4.78 is 16.4. The van der Waals surface area contributed by atoms with Crippen molar-refractivity contribution in [2.45, 2.75) is 69.3 Å². The van der Waals surface area contributed by atoms with Crippen LogP contribution in [0, 0.1) is 0 Å². The topological polar surface area (TPSA) is 212 Å². The van der Waals surface area contributed by atoms with Crippen LogP contribution in [-0.2, 0) is 14.4 Å². The Morgan fingerprint density at radius 1 is 0.830 bits per heavy atom. The molecule has 0 unspecified atom stereocenters. The smallest absolute Gasteiger partial charge is 0.335 e. The molecule has 0 bridgehead atoms. The summed E-state index contributed by atoms with van der Waals surface area (Å²) in [4.78, 5) is 47.0. The fourth-order valence-corrected chi connectivity index (χ4v) is 5.16. The summed E-state index contributed by atoms with van der Waals surface area (Å²) in [6.07, 6.45) is -0.0938. The lowest BCUT2D eigenvalue weighted by molar-refractivity contribution is -0.165. The number of Topliss-reactive ketones (excluding diaryl/α,β-unsaturated/α-hetero) is 1. The second kappa shape index (κ2) is 18.8. The molecule has 0 radical (unpaired) electrons. The number of hydrogen-bond donors (Lipinski definition) is 6. The van der Waals surface area contributed by atoms with E-state index in [1.165, 1.54) is 0 Å². The first-order valence-corrected chi connectivity index (χ1v) is 15.6. The predicted octanol–water partition coefficient (Wildman–Crippen LogP) is 1.79. The number of carboxylic acids is 2. The Hall–Kier alpha value is -4.24. The van der Waals surface area contributed by atoms with Gasteiger partial charge in [0.1, 0.15) is 25.1 Å². The summed E-state index contributed by atoms with van der Waals surface area (Å²) in [5.74, 6) is -1.50. The van der Waals surface area contributed by atoms with Gasteiger partial charge in [-0.1, -0.05) is 12.5 Å². The number of fused-ring (bicyclic) bond motifs is 1. The van der Waals surface area contributed by atoms with Gasteiger partial charge in [0.25, 0.3) is 0 Å². The zero-order valence-corrected chi connectivity index (χ0v) is 26.4. The number of aliphatic hydroxyl groups is 3. The maximum atomic E-state index is 12.8. The molecule has 2 aromatic rings. The molecule has 4 rings (SSSR count). The molecular weight excluding hydrogens is 616 g/mol. The number of ketones is 1. The first-order valence-electron chi connectivity index (χ1n) is 15.6. The molecule has 258 valence electrons. The highest BCUT2D eigenvalue weighted by atomic mass is 16.6. The van der Waals surface area contributed by atoms with Crippen LogP contribution < -0.4 is 19.5 Å². The number of unbranched alkanes of at least 4 members (excludes halogenated alkanes) is 2. The maximum Gasteiger partial charge on any atom is 0.335 e. The van der Waals surface area contributed by atoms with Crippen LogP contribution in [0.1, 0.15) is 67.0 Å². The van der Waals surface area contributed by atoms with Gasteiger partial charge in [-0.3, -0.25) is 9.59 Å². The average molecular weight is 661 g/mol. The number of carbonyl (C=O) groups is 4. The average Bonchev–Trinajstić information content (AvgIpc) is 3.60. The van der Waals surface area contributed by atoms with E-state index in [1.54, 1.807) is 31.4 Å². The van der Waals surface area contributed by atoms with E-state index < -0.39 is 36.3 Å². The molecule has 0 saturated carbocycles. The number of aliphatic carboxylic acids is 2. The molecule has 14 nitrogen and oxygen atoms in total. The fraction of sp³-hybridized carbons (Fsp3) is 0.515. The Morgan fingerprint density at radius 2 is 1.43 bits per heavy atom. The zero-order valence-electron chi connectivity index (χ0n) is 26.4. The predicted molar refractivity (Wildman–Crippen MR) is 168 cm³/mol. The summed E-state index contributed by atoms with van der Waals surface area (Å²) in [6.45, 7) is 3.53. The molecule has 0 spiro atoms. The summed E-state index contributed by atoms with van der Waals surface area (Å²) in [6, 6.07) is 12.2. The van der Waals surface area contributed by atoms with Gasteiger partial charge in [-0.25, -0.2) is 9.59 Å². The van der Waals surface area contributed by atoms with Crippen molar-refractivity contribution in [1.29, 1.82) is 0 Å². The standard InChI is InChI=1S/C29H38N2O6.C4H6O6/c1-35-23-12-9-21(10-13-23)25(32)7-3-2-4-8-28(33)30-24(20-31-15-5-6-16-31)29(34)22-11-14-26-27(19-22)37-18-17-36-26;5-1(3(7)8)2(6)4(9)10/h9-14,19,24,29,34H,2-8,15-18,20H2,1H3,(H,30,33);1-2,5-6H,(H,7,8)(H,9,10)/t24-,29-;1-,2-/m10/s1. The Bertz CT molecular complexity index is 1310. The maximum absolute atomic E-state index is 12.8. The van der Waals surface area contributed by atoms with E-state index in [2.05, 4.69) is 10.2 Å². The van der Waals surface area contributed by atoms with Crippen molar-refractivity contribution in [2.75, 3.05) is 40.0 Å². The minimum atomic E-state index is -2.27. The molecule has 0 aliphatic carbocycles. The third-order valence-electron chi connectivity index (χ3n) is 7.81. The van der Waals surface area contributed by atoms with Crippen LogP contribution in [0.4, 0.5) is 0 Å². The molecule has 14 heteroatoms. The fourth-order valence-electron chi connectivity index (χ4n) is 5.16. The Morgan fingerprint density at radius 3 is 2.02 bits per heavy atom. The number of hydrogen-bond acceptors (Lipinski definition) is 11. The van der Waals surface area contributed by atoms with Gasteiger partial charge in [0.05, 0.1) is 13.2 Å². The number of nitrogens with zero attached hydrogens (tertiary/aromatic N) is 1. The van der Waals surface area contributed by atoms with Crippen molar-refractivity contribution in [1.82, 2.24) is 10.2 Å². The summed E-state index contributed by atoms with van der Waals surface area (Å²) in [5.41, 5.74) is 1.38. The van der Waals surface area contributed by atoms with E-state index in [9.17, 15) is 24.3 Å². The number of benzene rings is 2. The zero-order chi connectivity index (χ0) is 34.3. The van der Waals surface area contributed by atoms with Gasteiger partial charge in [-0.15, -0.1) is 0 Å². The Balaban J connectivity index is 0.000000520. The second-order valence-corrected chi connectivity index (χ2v) is 11.3. The van der Waals surface area contributed by atoms with E-state index in [0.29, 0.717) is 61.6 Å². The number of ether oxygens (including phenoxy) is 3. The van der Waals surface area contributed by atoms with Crippen LogP contribution in [0.2, 0.25) is 0 Å². The highest BCUT2D eigenvalue weighted by Gasteiger charge is 2.30. The number of nitrogens with one attached hydrogen (secondary N) is 1. The lowest BCUT2D eigenvalue weighted by atomic mass is 10.00. The van der Waals surface area contributed by atoms with Crippen molar-refractivity contribution in [2.24, 2.45) is 0 Å². The molecular formula is C33H44N2O12. The third kappa shape index (κ3) is 11.8. The summed E-state index contributed by atoms with van der Waals surface area (Å²) in [7, 11) is 1.60. The Kier molecular flexibility index (Phi) is 14.9. The van der Waals surface area contributed by atoms with E-state index >= 15 is 0 Å². The van der Waals surface area contributed by atoms with Crippen LogP contribution >= 0.6 is 0 Å². The van der Waals surface area contributed by atoms with Crippen LogP contribution in [-0.4, -0.2) is 112 Å². The molecule has 2 aromatic carbocycles. The quantitative estimate of drug-likeness (QED) is 0.112. The lowest BCUT2D eigenvalue weighted by Crippen LogP contribution is -2.46. The van der Waals surface area contributed by atoms with Gasteiger partial charge >= 0.3 is 11.9 Å². The number of aliphatic hydroxyl groups excluding tert-OH is 3. The normalized spacial score (nSPS) is 16.5. The molecule has 2 heterocycles. The highest BCUT2D eigenvalue weighted by molar-refractivity contribution is 5.96. The number of carbonyl (C=O) groups excluding carboxylic acids is 2. The van der Waals surface area contributed by atoms with E-state index in [-0.39, 0.29) is 11.7 Å². The minimum Gasteiger partial charge on any atom is -0.497 e. The van der Waals surface area contributed by atoms with Crippen LogP contribution in [0.15, 0.2) is 42.5 Å². The molecule has 0 aromatic heterocycles. The van der Waals surface area contributed by atoms with Gasteiger partial charge < -0.3 is 50.0 Å². The molecule has 47 heavy (non-hydrogen) atoms. The SMILES string of the molecule is COc1ccc(C(=O)CCCCCC(=O)N[C@H](CN2CCCC2)[C@H](O)c2ccc3c(c2)OCCO3)cc1.O=C(O)[C@@H](O)[C@H](O)C(=O)O. The van der Waals surface area contributed by atoms with Gasteiger partial charge in [0, 0.05) is 24.9 Å². The molecule has 4 atom stereocenters. The van der Waals surface area contributed by atoms with Gasteiger partial charge in [0.2, 0.25) is 5.91 Å². The van der Waals surface area contributed by atoms with Crippen LogP contribution in [0.25, 0.3) is 0 Å². The first-order chi connectivity index (χ1) is 22.5. The summed E-state index contributed by atoms with van der Waals surface area (Å²) >= 11 is 0. The third-order valence-corrected chi connectivity index (χ3v) is 7.81. The number of likely N-dealkylation sites (tertiary alicyclic amines) is 1. The van der Waals surface area contributed by atoms with Crippen molar-refractivity contribution in [3.05, 3.63) is 53.6 Å². The summed E-state index contributed by atoms with van der Waals surface area (Å²) in [5, 5.41) is 46.8. The Labute approximate surface area is 272 Å². The number of rotatable bonds is 16. The second-order valence-electron chi connectivity index (χ2n) is 11.3. The van der Waals surface area contributed by atoms with E-state index in [4.69, 9.17) is 34.6 Å². The molecule has 1 saturated heterocycles. The molecule has 2 aliphatic rings. The van der Waals surface area contributed by atoms with Gasteiger partial charge in [-0.05, 0) is 80.7 Å². The number of methoxy groups -OCH3 is 1. The molecule has 2 aliphatic heterocycles. The molecule has 1 amide bonds. The van der Waals surface area contributed by atoms with Crippen molar-refractivity contribution < 1.29 is 58.9 Å². The largest absolute Gasteiger partial charge is 0.497 e. The lowest BCUT2D eigenvalue weighted by Gasteiger charge is -2.29. The van der Waals surface area contributed by atoms with Crippen molar-refractivity contribution >= 4 is 23.6 Å². The van der Waals surface area contributed by atoms with Crippen molar-refractivity contribution in [3.8, 4) is 17.2 Å². The van der Waals surface area contributed by atoms with E-state index in [1.807, 2.05) is 18.2 Å². The van der Waals surface area contributed by atoms with Gasteiger partial charge in [0.15, 0.2) is 29.5 Å².